The van der Waals surface area contributed by atoms with Gasteiger partial charge in [0, 0.05) is 53.4 Å². The Morgan fingerprint density at radius 1 is 1.24 bits per heavy atom. The topological polar surface area (TPSA) is 71.8 Å². The Kier molecular flexibility index (Phi) is 6.09. The predicted molar refractivity (Wildman–Crippen MR) is 153 cm³/mol. The number of aliphatic hydroxyl groups excluding tert-OH is 1. The van der Waals surface area contributed by atoms with Gasteiger partial charge in [0.15, 0.2) is 17.1 Å². The van der Waals surface area contributed by atoms with Crippen molar-refractivity contribution in [1.82, 2.24) is 9.63 Å². The molecule has 1 aromatic carbocycles. The number of fused-ring (bicyclic) bond motifs is 8. The Hall–Kier alpha value is -2.33. The first-order chi connectivity index (χ1) is 19.5. The van der Waals surface area contributed by atoms with Crippen LogP contribution in [0.1, 0.15) is 45.1 Å². The molecule has 41 heavy (non-hydrogen) atoms. The molecule has 3 saturated carbocycles. The van der Waals surface area contributed by atoms with Gasteiger partial charge in [-0.25, -0.2) is 8.78 Å². The van der Waals surface area contributed by atoms with E-state index >= 15 is 4.39 Å². The highest BCUT2D eigenvalue weighted by atomic mass is 32.2. The maximum absolute atomic E-state index is 17.6. The summed E-state index contributed by atoms with van der Waals surface area (Å²) in [6.45, 7) is 4.66. The van der Waals surface area contributed by atoms with Gasteiger partial charge in [-0.05, 0) is 62.3 Å². The SMILES string of the molecule is Cn1cc(CN2C[C@@H]3C[C@H]4[C@@H]5CCC6=CC(=O)C=C[C@]6(C)[C@@]5(F)[C@@H](O)C[C@]4(C)[C@]3(C(=O)SCF)O2)c2ccccc21. The van der Waals surface area contributed by atoms with Gasteiger partial charge in [-0.1, -0.05) is 48.5 Å². The molecule has 0 amide bonds. The predicted octanol–water partition coefficient (Wildman–Crippen LogP) is 5.45. The summed E-state index contributed by atoms with van der Waals surface area (Å²) in [6, 6.07) is 7.25. The zero-order chi connectivity index (χ0) is 28.9. The summed E-state index contributed by atoms with van der Waals surface area (Å²) in [5, 5.41) is 14.3. The number of thioether (sulfide) groups is 1. The normalized spacial score (nSPS) is 41.6. The quantitative estimate of drug-likeness (QED) is 0.517. The van der Waals surface area contributed by atoms with Gasteiger partial charge in [0.05, 0.1) is 12.6 Å². The van der Waals surface area contributed by atoms with E-state index in [2.05, 4.69) is 22.9 Å². The minimum atomic E-state index is -1.99. The van der Waals surface area contributed by atoms with Gasteiger partial charge in [0.2, 0.25) is 5.12 Å². The van der Waals surface area contributed by atoms with Crippen molar-refractivity contribution in [1.29, 1.82) is 0 Å². The largest absolute Gasteiger partial charge is 0.390 e. The zero-order valence-corrected chi connectivity index (χ0v) is 24.4. The lowest BCUT2D eigenvalue weighted by Gasteiger charge is -2.62. The summed E-state index contributed by atoms with van der Waals surface area (Å²) in [5.74, 6) is -1.19. The lowest BCUT2D eigenvalue weighted by Crippen LogP contribution is -2.69. The van der Waals surface area contributed by atoms with Crippen molar-refractivity contribution >= 4 is 33.6 Å². The van der Waals surface area contributed by atoms with Crippen molar-refractivity contribution in [3.05, 3.63) is 59.8 Å². The first-order valence-electron chi connectivity index (χ1n) is 14.5. The summed E-state index contributed by atoms with van der Waals surface area (Å²) in [4.78, 5) is 32.8. The zero-order valence-electron chi connectivity index (χ0n) is 23.6. The molecule has 2 heterocycles. The van der Waals surface area contributed by atoms with E-state index < -0.39 is 40.1 Å². The third kappa shape index (κ3) is 3.40. The molecule has 4 aliphatic carbocycles. The van der Waals surface area contributed by atoms with E-state index in [4.69, 9.17) is 4.84 Å². The average molecular weight is 583 g/mol. The first-order valence-corrected chi connectivity index (χ1v) is 15.5. The summed E-state index contributed by atoms with van der Waals surface area (Å²) >= 11 is 0.618. The van der Waals surface area contributed by atoms with Crippen molar-refractivity contribution in [2.45, 2.75) is 63.4 Å². The number of carbonyl (C=O) groups excluding carboxylic acids is 2. The number of aryl methyl sites for hydroxylation is 1. The highest BCUT2D eigenvalue weighted by molar-refractivity contribution is 8.13. The Morgan fingerprint density at radius 2 is 2.02 bits per heavy atom. The molecule has 9 heteroatoms. The van der Waals surface area contributed by atoms with Crippen molar-refractivity contribution in [2.75, 3.05) is 12.6 Å². The van der Waals surface area contributed by atoms with Crippen LogP contribution in [0, 0.1) is 28.6 Å². The van der Waals surface area contributed by atoms with Crippen LogP contribution in [-0.4, -0.2) is 55.6 Å². The number of hydroxylamine groups is 2. The molecule has 4 fully saturated rings. The number of para-hydroxylation sites is 1. The van der Waals surface area contributed by atoms with Crippen LogP contribution in [0.15, 0.2) is 54.3 Å². The third-order valence-electron chi connectivity index (χ3n) is 11.5. The van der Waals surface area contributed by atoms with Crippen molar-refractivity contribution in [3.63, 3.8) is 0 Å². The number of benzene rings is 1. The summed E-state index contributed by atoms with van der Waals surface area (Å²) in [5.41, 5.74) is -2.46. The van der Waals surface area contributed by atoms with Gasteiger partial charge in [-0.15, -0.1) is 0 Å². The van der Waals surface area contributed by atoms with Gasteiger partial charge in [-0.3, -0.25) is 14.4 Å². The van der Waals surface area contributed by atoms with E-state index in [9.17, 15) is 19.1 Å². The number of allylic oxidation sites excluding steroid dienone is 4. The molecule has 7 rings (SSSR count). The van der Waals surface area contributed by atoms with Crippen LogP contribution in [0.2, 0.25) is 0 Å². The van der Waals surface area contributed by atoms with Crippen LogP contribution in [-0.2, 0) is 28.0 Å². The number of ketones is 1. The summed E-state index contributed by atoms with van der Waals surface area (Å²) in [6.07, 6.45) is 6.87. The third-order valence-corrected chi connectivity index (χ3v) is 12.2. The average Bonchev–Trinajstić information content (AvgIpc) is 3.54. The molecular formula is C32H36F2N2O4S. The van der Waals surface area contributed by atoms with E-state index in [-0.39, 0.29) is 29.2 Å². The van der Waals surface area contributed by atoms with Crippen LogP contribution in [0.25, 0.3) is 10.9 Å². The summed E-state index contributed by atoms with van der Waals surface area (Å²) in [7, 11) is 2.00. The second kappa shape index (κ2) is 9.09. The van der Waals surface area contributed by atoms with Crippen molar-refractivity contribution in [2.24, 2.45) is 35.6 Å². The minimum Gasteiger partial charge on any atom is -0.390 e. The molecule has 1 saturated heterocycles. The van der Waals surface area contributed by atoms with Crippen LogP contribution in [0.4, 0.5) is 8.78 Å². The van der Waals surface area contributed by atoms with Crippen LogP contribution in [0.5, 0.6) is 0 Å². The lowest BCUT2D eigenvalue weighted by molar-refractivity contribution is -0.264. The number of aliphatic hydroxyl groups is 1. The molecule has 1 aliphatic heterocycles. The van der Waals surface area contributed by atoms with Crippen molar-refractivity contribution in [3.8, 4) is 0 Å². The molecule has 5 aliphatic rings. The molecule has 1 N–H and O–H groups in total. The van der Waals surface area contributed by atoms with Gasteiger partial charge in [0.25, 0.3) is 0 Å². The summed E-state index contributed by atoms with van der Waals surface area (Å²) < 4.78 is 33.4. The Balaban J connectivity index is 1.26. The molecule has 8 atom stereocenters. The van der Waals surface area contributed by atoms with E-state index in [1.807, 2.05) is 31.2 Å². The maximum atomic E-state index is 17.6. The van der Waals surface area contributed by atoms with Crippen LogP contribution < -0.4 is 0 Å². The molecule has 6 nitrogen and oxygen atoms in total. The number of rotatable bonds is 4. The number of aromatic nitrogens is 1. The van der Waals surface area contributed by atoms with Crippen molar-refractivity contribution < 1.29 is 28.3 Å². The monoisotopic (exact) mass is 582 g/mol. The highest BCUT2D eigenvalue weighted by Crippen LogP contribution is 2.73. The molecule has 218 valence electrons. The second-order valence-corrected chi connectivity index (χ2v) is 14.0. The minimum absolute atomic E-state index is 0.0204. The number of hydrogen-bond acceptors (Lipinski definition) is 6. The van der Waals surface area contributed by atoms with E-state index in [0.29, 0.717) is 44.1 Å². The molecule has 0 radical (unpaired) electrons. The molecular weight excluding hydrogens is 546 g/mol. The smallest absolute Gasteiger partial charge is 0.226 e. The van der Waals surface area contributed by atoms with E-state index in [0.717, 1.165) is 22.0 Å². The fourth-order valence-corrected chi connectivity index (χ4v) is 10.4. The Morgan fingerprint density at radius 3 is 2.80 bits per heavy atom. The number of halogens is 2. The van der Waals surface area contributed by atoms with Gasteiger partial charge in [-0.2, -0.15) is 5.06 Å². The van der Waals surface area contributed by atoms with E-state index in [1.54, 1.807) is 13.0 Å². The number of hydrogen-bond donors (Lipinski definition) is 1. The maximum Gasteiger partial charge on any atom is 0.226 e. The van der Waals surface area contributed by atoms with Crippen LogP contribution >= 0.6 is 11.8 Å². The van der Waals surface area contributed by atoms with Crippen LogP contribution in [0.3, 0.4) is 0 Å². The fourth-order valence-electron chi connectivity index (χ4n) is 9.66. The highest BCUT2D eigenvalue weighted by Gasteiger charge is 2.79. The standard InChI is InChI=1S/C32H36F2N2O4S/c1-29-11-10-22(37)12-20(29)8-9-24-25-13-21-17-36(16-19-15-35(3)26-7-5-4-6-23(19)26)40-32(21,28(39)41-18-33)30(25,2)14-27(38)31(24,29)34/h4-7,10-12,15,21,24-25,27,38H,8-9,13-14,16-18H2,1-3H3/t21-,24-,25-,27-,29-,30-,31-,32-/m0/s1. The molecule has 2 aromatic rings. The lowest BCUT2D eigenvalue weighted by atomic mass is 9.45. The molecule has 0 spiro atoms. The van der Waals surface area contributed by atoms with Gasteiger partial charge >= 0.3 is 0 Å². The molecule has 0 unspecified atom stereocenters. The molecule has 1 aromatic heterocycles. The Bertz CT molecular complexity index is 1520. The van der Waals surface area contributed by atoms with E-state index in [1.165, 1.54) is 12.2 Å². The first kappa shape index (κ1) is 27.5. The second-order valence-electron chi connectivity index (χ2n) is 13.2. The fraction of sp³-hybridized carbons (Fsp3) is 0.562. The Labute approximate surface area is 242 Å². The van der Waals surface area contributed by atoms with Gasteiger partial charge in [0.1, 0.15) is 6.01 Å². The molecule has 0 bridgehead atoms. The van der Waals surface area contributed by atoms with Gasteiger partial charge < -0.3 is 9.67 Å². The number of carbonyl (C=O) groups is 2. The number of nitrogens with zero attached hydrogens (tertiary/aromatic N) is 2. The number of alkyl halides is 2.